The Kier molecular flexibility index (Phi) is 5.47. The molecule has 1 saturated heterocycles. The van der Waals surface area contributed by atoms with E-state index in [1.165, 1.54) is 5.56 Å². The van der Waals surface area contributed by atoms with Gasteiger partial charge in [-0.3, -0.25) is 9.67 Å². The number of pyridine rings is 1. The summed E-state index contributed by atoms with van der Waals surface area (Å²) < 4.78 is 1.73. The zero-order chi connectivity index (χ0) is 22.2. The summed E-state index contributed by atoms with van der Waals surface area (Å²) in [4.78, 5) is 6.66. The van der Waals surface area contributed by atoms with Crippen LogP contribution in [0.2, 0.25) is 0 Å². The van der Waals surface area contributed by atoms with Crippen molar-refractivity contribution in [1.82, 2.24) is 19.7 Å². The van der Waals surface area contributed by atoms with Gasteiger partial charge in [0.25, 0.3) is 0 Å². The maximum Gasteiger partial charge on any atom is 0.124 e. The van der Waals surface area contributed by atoms with Gasteiger partial charge in [-0.25, -0.2) is 0 Å². The van der Waals surface area contributed by atoms with Gasteiger partial charge in [0.2, 0.25) is 0 Å². The first-order valence-electron chi connectivity index (χ1n) is 10.7. The van der Waals surface area contributed by atoms with Crippen LogP contribution in [-0.2, 0) is 12.6 Å². The van der Waals surface area contributed by atoms with Crippen LogP contribution in [-0.4, -0.2) is 44.9 Å². The van der Waals surface area contributed by atoms with Gasteiger partial charge in [-0.05, 0) is 30.2 Å². The van der Waals surface area contributed by atoms with E-state index in [2.05, 4.69) is 78.9 Å². The van der Waals surface area contributed by atoms with Gasteiger partial charge in [0.05, 0.1) is 11.8 Å². The third-order valence-electron chi connectivity index (χ3n) is 6.32. The minimum absolute atomic E-state index is 0.321. The number of aliphatic hydroxyl groups is 1. The molecule has 1 aliphatic rings. The van der Waals surface area contributed by atoms with Crippen molar-refractivity contribution in [3.63, 3.8) is 0 Å². The Balaban J connectivity index is 1.77. The van der Waals surface area contributed by atoms with E-state index in [9.17, 15) is 5.11 Å². The molecule has 0 amide bonds. The molecule has 5 heteroatoms. The molecule has 0 aliphatic carbocycles. The molecule has 1 N–H and O–H groups in total. The van der Waals surface area contributed by atoms with Crippen LogP contribution in [0.1, 0.15) is 54.5 Å². The maximum atomic E-state index is 12.3. The molecule has 1 fully saturated rings. The highest BCUT2D eigenvalue weighted by Crippen LogP contribution is 2.50. The monoisotopic (exact) mass is 414 g/mol. The molecular weight excluding hydrogens is 384 g/mol. The summed E-state index contributed by atoms with van der Waals surface area (Å²) in [5.74, 6) is 6.75. The first-order chi connectivity index (χ1) is 14.7. The molecule has 3 aromatic rings. The number of nitrogens with zero attached hydrogens (tertiary/aromatic N) is 4. The first kappa shape index (κ1) is 21.3. The summed E-state index contributed by atoms with van der Waals surface area (Å²) in [6.07, 6.45) is 7.13. The molecule has 1 atom stereocenters. The van der Waals surface area contributed by atoms with E-state index in [0.717, 1.165) is 35.3 Å². The molecule has 160 valence electrons. The number of aryl methyl sites for hydroxylation is 1. The van der Waals surface area contributed by atoms with Crippen molar-refractivity contribution in [1.29, 1.82) is 0 Å². The Labute approximate surface area is 184 Å². The summed E-state index contributed by atoms with van der Waals surface area (Å²) in [5, 5.41) is 16.4. The number of likely N-dealkylation sites (tertiary alicyclic amines) is 1. The van der Waals surface area contributed by atoms with Crippen LogP contribution < -0.4 is 0 Å². The number of aromatic nitrogens is 3. The summed E-state index contributed by atoms with van der Waals surface area (Å²) >= 11 is 0. The molecule has 3 heterocycles. The molecule has 1 aromatic carbocycles. The second-order valence-corrected chi connectivity index (χ2v) is 9.34. The third kappa shape index (κ3) is 3.89. The summed E-state index contributed by atoms with van der Waals surface area (Å²) in [7, 11) is 3.95. The van der Waals surface area contributed by atoms with Crippen molar-refractivity contribution in [2.45, 2.75) is 32.3 Å². The smallest absolute Gasteiger partial charge is 0.124 e. The fourth-order valence-electron chi connectivity index (χ4n) is 4.68. The SMILES string of the molecule is CC(C)c1ccc(C(O)(c2cncc(C#Cc3cnn(C)c3)c2)C2(C)CN(C)C2)cc1. The third-order valence-corrected chi connectivity index (χ3v) is 6.32. The lowest BCUT2D eigenvalue weighted by Gasteiger charge is -2.55. The zero-order valence-electron chi connectivity index (χ0n) is 18.9. The zero-order valence-corrected chi connectivity index (χ0v) is 18.9. The topological polar surface area (TPSA) is 54.2 Å². The van der Waals surface area contributed by atoms with Crippen LogP contribution in [0.15, 0.2) is 55.1 Å². The maximum absolute atomic E-state index is 12.3. The Bertz CT molecular complexity index is 1130. The van der Waals surface area contributed by atoms with Crippen molar-refractivity contribution in [3.05, 3.63) is 82.9 Å². The molecule has 1 unspecified atom stereocenters. The molecule has 0 spiro atoms. The van der Waals surface area contributed by atoms with Crippen LogP contribution in [0.25, 0.3) is 0 Å². The summed E-state index contributed by atoms with van der Waals surface area (Å²) in [6.45, 7) is 8.12. The fraction of sp³-hybridized carbons (Fsp3) is 0.385. The fourth-order valence-corrected chi connectivity index (χ4v) is 4.68. The summed E-state index contributed by atoms with van der Waals surface area (Å²) in [6, 6.07) is 10.3. The van der Waals surface area contributed by atoms with Crippen molar-refractivity contribution in [2.24, 2.45) is 12.5 Å². The van der Waals surface area contributed by atoms with Crippen LogP contribution in [0.4, 0.5) is 0 Å². The van der Waals surface area contributed by atoms with E-state index in [-0.39, 0.29) is 5.41 Å². The molecule has 4 rings (SSSR count). The highest BCUT2D eigenvalue weighted by atomic mass is 16.3. The lowest BCUT2D eigenvalue weighted by atomic mass is 9.62. The normalized spacial score (nSPS) is 17.5. The highest BCUT2D eigenvalue weighted by molar-refractivity contribution is 5.46. The van der Waals surface area contributed by atoms with Crippen molar-refractivity contribution in [2.75, 3.05) is 20.1 Å². The van der Waals surface area contributed by atoms with Gasteiger partial charge in [0.1, 0.15) is 5.60 Å². The first-order valence-corrected chi connectivity index (χ1v) is 10.7. The number of rotatable bonds is 4. The van der Waals surface area contributed by atoms with Gasteiger partial charge in [-0.1, -0.05) is 56.9 Å². The van der Waals surface area contributed by atoms with Gasteiger partial charge < -0.3 is 10.0 Å². The highest BCUT2D eigenvalue weighted by Gasteiger charge is 2.55. The minimum Gasteiger partial charge on any atom is -0.380 e. The molecule has 0 bridgehead atoms. The Morgan fingerprint density at radius 2 is 1.68 bits per heavy atom. The lowest BCUT2D eigenvalue weighted by molar-refractivity contribution is -0.127. The van der Waals surface area contributed by atoms with Crippen LogP contribution >= 0.6 is 0 Å². The number of hydrogen-bond donors (Lipinski definition) is 1. The molecule has 5 nitrogen and oxygen atoms in total. The van der Waals surface area contributed by atoms with E-state index in [4.69, 9.17) is 0 Å². The van der Waals surface area contributed by atoms with Gasteiger partial charge >= 0.3 is 0 Å². The number of benzene rings is 1. The van der Waals surface area contributed by atoms with Gasteiger partial charge in [0.15, 0.2) is 0 Å². The Hall–Kier alpha value is -2.94. The second-order valence-electron chi connectivity index (χ2n) is 9.34. The molecule has 31 heavy (non-hydrogen) atoms. The quantitative estimate of drug-likeness (QED) is 0.664. The van der Waals surface area contributed by atoms with E-state index >= 15 is 0 Å². The predicted octanol–water partition coefficient (Wildman–Crippen LogP) is 3.53. The van der Waals surface area contributed by atoms with Gasteiger partial charge in [0, 0.05) is 55.3 Å². The van der Waals surface area contributed by atoms with Crippen LogP contribution in [0, 0.1) is 17.3 Å². The van der Waals surface area contributed by atoms with E-state index in [0.29, 0.717) is 5.92 Å². The van der Waals surface area contributed by atoms with Crippen molar-refractivity contribution < 1.29 is 5.11 Å². The molecule has 0 radical (unpaired) electrons. The van der Waals surface area contributed by atoms with Gasteiger partial charge in [-0.15, -0.1) is 0 Å². The predicted molar refractivity (Wildman–Crippen MR) is 123 cm³/mol. The Morgan fingerprint density at radius 1 is 1.00 bits per heavy atom. The molecule has 1 aliphatic heterocycles. The number of hydrogen-bond acceptors (Lipinski definition) is 4. The van der Waals surface area contributed by atoms with Crippen LogP contribution in [0.5, 0.6) is 0 Å². The lowest BCUT2D eigenvalue weighted by Crippen LogP contribution is -2.63. The van der Waals surface area contributed by atoms with E-state index < -0.39 is 5.60 Å². The average molecular weight is 415 g/mol. The standard InChI is InChI=1S/C26H30N4O/c1-19(2)22-8-10-23(11-9-22)26(31,25(3)17-29(4)18-25)24-12-20(13-27-15-24)6-7-21-14-28-30(5)16-21/h8-16,19,31H,17-18H2,1-5H3. The largest absolute Gasteiger partial charge is 0.380 e. The molecule has 0 saturated carbocycles. The second kappa shape index (κ2) is 7.96. The van der Waals surface area contributed by atoms with Crippen molar-refractivity contribution in [3.8, 4) is 11.8 Å². The molecule has 2 aromatic heterocycles. The van der Waals surface area contributed by atoms with Gasteiger partial charge in [-0.2, -0.15) is 5.10 Å². The Morgan fingerprint density at radius 3 is 2.26 bits per heavy atom. The van der Waals surface area contributed by atoms with E-state index in [1.54, 1.807) is 23.3 Å². The summed E-state index contributed by atoms with van der Waals surface area (Å²) in [5.41, 5.74) is 3.07. The van der Waals surface area contributed by atoms with Crippen LogP contribution in [0.3, 0.4) is 0 Å². The molecular formula is C26H30N4O. The minimum atomic E-state index is -1.16. The average Bonchev–Trinajstić information content (AvgIpc) is 3.16. The van der Waals surface area contributed by atoms with E-state index in [1.807, 2.05) is 19.3 Å². The van der Waals surface area contributed by atoms with Crippen molar-refractivity contribution >= 4 is 0 Å².